The average Bonchev–Trinajstić information content (AvgIpc) is 2.16. The molecule has 0 aliphatic carbocycles. The van der Waals surface area contributed by atoms with Crippen molar-refractivity contribution in [3.05, 3.63) is 18.2 Å². The normalized spacial score (nSPS) is 12.2. The van der Waals surface area contributed by atoms with E-state index in [0.29, 0.717) is 25.3 Å². The minimum atomic E-state index is -0.292. The van der Waals surface area contributed by atoms with Gasteiger partial charge < -0.3 is 20.9 Å². The first kappa shape index (κ1) is 12.6. The highest BCUT2D eigenvalue weighted by Crippen LogP contribution is 2.22. The zero-order valence-corrected chi connectivity index (χ0v) is 9.86. The van der Waals surface area contributed by atoms with E-state index in [-0.39, 0.29) is 6.10 Å². The van der Waals surface area contributed by atoms with Crippen LogP contribution in [0.4, 0.5) is 11.4 Å². The maximum absolute atomic E-state index is 9.13. The van der Waals surface area contributed by atoms with Gasteiger partial charge >= 0.3 is 0 Å². The fourth-order valence-electron chi connectivity index (χ4n) is 1.40. The molecule has 1 aromatic carbocycles. The first-order valence-corrected chi connectivity index (χ1v) is 5.57. The highest BCUT2D eigenvalue weighted by Gasteiger charge is 2.00. The predicted molar refractivity (Wildman–Crippen MR) is 66.8 cm³/mol. The van der Waals surface area contributed by atoms with Crippen LogP contribution in [0, 0.1) is 0 Å². The van der Waals surface area contributed by atoms with Crippen LogP contribution in [0.5, 0.6) is 5.75 Å². The van der Waals surface area contributed by atoms with Crippen molar-refractivity contribution in [3.63, 3.8) is 0 Å². The summed E-state index contributed by atoms with van der Waals surface area (Å²) in [6, 6.07) is 5.55. The molecule has 0 spiro atoms. The summed E-state index contributed by atoms with van der Waals surface area (Å²) in [5, 5.41) is 12.3. The molecule has 4 nitrogen and oxygen atoms in total. The standard InChI is InChI=1S/C12H20N2O2/c1-3-16-12-7-10(13)6-11(8-12)14-5-4-9(2)15/h6-9,14-15H,3-5,13H2,1-2H3. The van der Waals surface area contributed by atoms with Gasteiger partial charge in [-0.3, -0.25) is 0 Å². The van der Waals surface area contributed by atoms with E-state index < -0.39 is 0 Å². The Labute approximate surface area is 96.4 Å². The summed E-state index contributed by atoms with van der Waals surface area (Å²) in [4.78, 5) is 0. The zero-order chi connectivity index (χ0) is 12.0. The van der Waals surface area contributed by atoms with Crippen molar-refractivity contribution in [2.45, 2.75) is 26.4 Å². The van der Waals surface area contributed by atoms with Crippen LogP contribution >= 0.6 is 0 Å². The Hall–Kier alpha value is -1.42. The lowest BCUT2D eigenvalue weighted by Gasteiger charge is -2.11. The minimum Gasteiger partial charge on any atom is -0.494 e. The second-order valence-electron chi connectivity index (χ2n) is 3.79. The Morgan fingerprint density at radius 3 is 2.81 bits per heavy atom. The van der Waals surface area contributed by atoms with Crippen LogP contribution < -0.4 is 15.8 Å². The summed E-state index contributed by atoms with van der Waals surface area (Å²) < 4.78 is 5.39. The first-order valence-electron chi connectivity index (χ1n) is 5.57. The van der Waals surface area contributed by atoms with E-state index in [1.807, 2.05) is 19.1 Å². The minimum absolute atomic E-state index is 0.292. The number of hydrogen-bond acceptors (Lipinski definition) is 4. The largest absolute Gasteiger partial charge is 0.494 e. The molecule has 0 aliphatic rings. The topological polar surface area (TPSA) is 67.5 Å². The van der Waals surface area contributed by atoms with Crippen molar-refractivity contribution in [3.8, 4) is 5.75 Å². The molecule has 1 aromatic rings. The van der Waals surface area contributed by atoms with Crippen LogP contribution in [-0.4, -0.2) is 24.4 Å². The fourth-order valence-corrected chi connectivity index (χ4v) is 1.40. The summed E-state index contributed by atoms with van der Waals surface area (Å²) in [5.74, 6) is 0.766. The van der Waals surface area contributed by atoms with Crippen LogP contribution in [0.3, 0.4) is 0 Å². The van der Waals surface area contributed by atoms with E-state index in [0.717, 1.165) is 11.4 Å². The lowest BCUT2D eigenvalue weighted by Crippen LogP contribution is -2.10. The molecule has 0 fully saturated rings. The van der Waals surface area contributed by atoms with E-state index in [2.05, 4.69) is 5.32 Å². The Bertz CT molecular complexity index is 327. The SMILES string of the molecule is CCOc1cc(N)cc(NCCC(C)O)c1. The van der Waals surface area contributed by atoms with Gasteiger partial charge in [0.05, 0.1) is 12.7 Å². The number of nitrogens with two attached hydrogens (primary N) is 1. The van der Waals surface area contributed by atoms with E-state index in [4.69, 9.17) is 15.6 Å². The average molecular weight is 224 g/mol. The fraction of sp³-hybridized carbons (Fsp3) is 0.500. The van der Waals surface area contributed by atoms with Crippen LogP contribution in [-0.2, 0) is 0 Å². The lowest BCUT2D eigenvalue weighted by molar-refractivity contribution is 0.189. The Balaban J connectivity index is 2.58. The molecule has 4 N–H and O–H groups in total. The number of hydrogen-bond donors (Lipinski definition) is 3. The number of anilines is 2. The molecular weight excluding hydrogens is 204 g/mol. The maximum Gasteiger partial charge on any atom is 0.123 e. The molecule has 0 saturated heterocycles. The van der Waals surface area contributed by atoms with Gasteiger partial charge in [0.1, 0.15) is 5.75 Å². The number of nitrogens with one attached hydrogen (secondary N) is 1. The number of ether oxygens (including phenoxy) is 1. The molecule has 4 heteroatoms. The summed E-state index contributed by atoms with van der Waals surface area (Å²) >= 11 is 0. The zero-order valence-electron chi connectivity index (χ0n) is 9.86. The molecule has 0 amide bonds. The van der Waals surface area contributed by atoms with Gasteiger partial charge in [-0.05, 0) is 26.3 Å². The molecule has 0 aliphatic heterocycles. The van der Waals surface area contributed by atoms with Crippen LogP contribution in [0.1, 0.15) is 20.3 Å². The molecular formula is C12H20N2O2. The van der Waals surface area contributed by atoms with Crippen LogP contribution in [0.2, 0.25) is 0 Å². The number of benzene rings is 1. The number of aliphatic hydroxyl groups excluding tert-OH is 1. The molecule has 90 valence electrons. The first-order chi connectivity index (χ1) is 7.61. The summed E-state index contributed by atoms with van der Waals surface area (Å²) in [6.07, 6.45) is 0.415. The van der Waals surface area contributed by atoms with Crippen LogP contribution in [0.15, 0.2) is 18.2 Å². The molecule has 0 saturated carbocycles. The van der Waals surface area contributed by atoms with Gasteiger partial charge in [0.15, 0.2) is 0 Å². The Kier molecular flexibility index (Phi) is 4.92. The third kappa shape index (κ3) is 4.40. The number of rotatable bonds is 6. The van der Waals surface area contributed by atoms with Gasteiger partial charge in [-0.25, -0.2) is 0 Å². The molecule has 1 atom stereocenters. The molecule has 0 radical (unpaired) electrons. The van der Waals surface area contributed by atoms with Gasteiger partial charge in [0.2, 0.25) is 0 Å². The van der Waals surface area contributed by atoms with Crippen molar-refractivity contribution < 1.29 is 9.84 Å². The van der Waals surface area contributed by atoms with Gasteiger partial charge in [-0.1, -0.05) is 0 Å². The van der Waals surface area contributed by atoms with Crippen molar-refractivity contribution in [1.82, 2.24) is 0 Å². The van der Waals surface area contributed by atoms with Gasteiger partial charge in [0, 0.05) is 30.1 Å². The highest BCUT2D eigenvalue weighted by atomic mass is 16.5. The van der Waals surface area contributed by atoms with Gasteiger partial charge in [-0.15, -0.1) is 0 Å². The summed E-state index contributed by atoms with van der Waals surface area (Å²) in [6.45, 7) is 5.04. The third-order valence-corrected chi connectivity index (χ3v) is 2.13. The number of nitrogen functional groups attached to an aromatic ring is 1. The van der Waals surface area contributed by atoms with E-state index in [1.165, 1.54) is 0 Å². The van der Waals surface area contributed by atoms with Crippen molar-refractivity contribution in [2.75, 3.05) is 24.2 Å². The Morgan fingerprint density at radius 2 is 2.19 bits per heavy atom. The van der Waals surface area contributed by atoms with E-state index in [9.17, 15) is 0 Å². The molecule has 1 rings (SSSR count). The summed E-state index contributed by atoms with van der Waals surface area (Å²) in [5.41, 5.74) is 7.34. The molecule has 0 bridgehead atoms. The third-order valence-electron chi connectivity index (χ3n) is 2.13. The van der Waals surface area contributed by atoms with Crippen LogP contribution in [0.25, 0.3) is 0 Å². The van der Waals surface area contributed by atoms with E-state index in [1.54, 1.807) is 13.0 Å². The smallest absolute Gasteiger partial charge is 0.123 e. The van der Waals surface area contributed by atoms with Gasteiger partial charge in [0.25, 0.3) is 0 Å². The van der Waals surface area contributed by atoms with Crippen molar-refractivity contribution in [1.29, 1.82) is 0 Å². The molecule has 1 unspecified atom stereocenters. The number of aliphatic hydroxyl groups is 1. The van der Waals surface area contributed by atoms with Crippen molar-refractivity contribution >= 4 is 11.4 Å². The second kappa shape index (κ2) is 6.23. The maximum atomic E-state index is 9.13. The molecule has 0 heterocycles. The van der Waals surface area contributed by atoms with Crippen molar-refractivity contribution in [2.24, 2.45) is 0 Å². The quantitative estimate of drug-likeness (QED) is 0.645. The van der Waals surface area contributed by atoms with E-state index >= 15 is 0 Å². The predicted octanol–water partition coefficient (Wildman–Crippen LogP) is 1.85. The molecule has 16 heavy (non-hydrogen) atoms. The summed E-state index contributed by atoms with van der Waals surface area (Å²) in [7, 11) is 0. The lowest BCUT2D eigenvalue weighted by atomic mass is 10.2. The van der Waals surface area contributed by atoms with Gasteiger partial charge in [-0.2, -0.15) is 0 Å². The monoisotopic (exact) mass is 224 g/mol. The molecule has 0 aromatic heterocycles. The highest BCUT2D eigenvalue weighted by molar-refractivity contribution is 5.59. The Morgan fingerprint density at radius 1 is 1.44 bits per heavy atom. The second-order valence-corrected chi connectivity index (χ2v) is 3.79.